The number of ketones is 1. The van der Waals surface area contributed by atoms with E-state index in [0.717, 1.165) is 64.6 Å². The lowest BCUT2D eigenvalue weighted by Crippen LogP contribution is -2.14. The second-order valence-corrected chi connectivity index (χ2v) is 9.71. The van der Waals surface area contributed by atoms with Crippen molar-refractivity contribution in [2.45, 2.75) is 25.7 Å². The van der Waals surface area contributed by atoms with E-state index in [0.29, 0.717) is 0 Å². The summed E-state index contributed by atoms with van der Waals surface area (Å²) in [5, 5.41) is 0. The molecule has 2 aliphatic rings. The SMILES string of the molecule is C=C1C(=Cc2ccccc2)CCc2ccc(-c3ccc4c(c3)C(=O)C(=Cc3ccccc3)CC4)cc21. The third-order valence-corrected chi connectivity index (χ3v) is 7.41. The lowest BCUT2D eigenvalue weighted by atomic mass is 9.81. The lowest BCUT2D eigenvalue weighted by molar-refractivity contribution is 0.102. The van der Waals surface area contributed by atoms with Gasteiger partial charge in [-0.2, -0.15) is 0 Å². The topological polar surface area (TPSA) is 17.1 Å². The summed E-state index contributed by atoms with van der Waals surface area (Å²) < 4.78 is 0. The summed E-state index contributed by atoms with van der Waals surface area (Å²) in [6.07, 6.45) is 8.01. The first kappa shape index (κ1) is 22.2. The number of allylic oxidation sites excluding steroid dienone is 3. The highest BCUT2D eigenvalue weighted by Gasteiger charge is 2.23. The fraction of sp³-hybridized carbons (Fsp3) is 0.114. The predicted octanol–water partition coefficient (Wildman–Crippen LogP) is 8.61. The standard InChI is InChI=1S/C35H28O/c1-24-29(20-25-8-4-2-5-9-25)16-12-27-13-17-30(22-33(24)27)31-18-14-28-15-19-32(35(36)34(28)23-31)21-26-10-6-3-7-11-26/h2-11,13-14,17-18,20-23H,1,12,15-16,19H2. The Morgan fingerprint density at radius 1 is 0.556 bits per heavy atom. The molecule has 0 atom stereocenters. The Kier molecular flexibility index (Phi) is 5.83. The summed E-state index contributed by atoms with van der Waals surface area (Å²) in [4.78, 5) is 13.4. The highest BCUT2D eigenvalue weighted by molar-refractivity contribution is 6.13. The largest absolute Gasteiger partial charge is 0.289 e. The fourth-order valence-corrected chi connectivity index (χ4v) is 5.39. The van der Waals surface area contributed by atoms with Crippen LogP contribution in [0.5, 0.6) is 0 Å². The zero-order valence-corrected chi connectivity index (χ0v) is 20.3. The van der Waals surface area contributed by atoms with Gasteiger partial charge < -0.3 is 0 Å². The number of fused-ring (bicyclic) bond motifs is 2. The van der Waals surface area contributed by atoms with E-state index in [2.05, 4.69) is 73.3 Å². The number of Topliss-reactive ketones (excluding diaryl/α,β-unsaturated/α-hetero) is 1. The van der Waals surface area contributed by atoms with Crippen LogP contribution in [0.4, 0.5) is 0 Å². The molecule has 0 spiro atoms. The van der Waals surface area contributed by atoms with E-state index in [1.54, 1.807) is 0 Å². The van der Waals surface area contributed by atoms with E-state index in [4.69, 9.17) is 0 Å². The molecule has 1 heteroatoms. The van der Waals surface area contributed by atoms with Gasteiger partial charge in [0.25, 0.3) is 0 Å². The van der Waals surface area contributed by atoms with Gasteiger partial charge in [-0.25, -0.2) is 0 Å². The quantitative estimate of drug-likeness (QED) is 0.277. The molecule has 0 aliphatic heterocycles. The molecule has 0 fully saturated rings. The number of carbonyl (C=O) groups excluding carboxylic acids is 1. The predicted molar refractivity (Wildman–Crippen MR) is 151 cm³/mol. The Morgan fingerprint density at radius 2 is 1.06 bits per heavy atom. The van der Waals surface area contributed by atoms with Crippen molar-refractivity contribution < 1.29 is 4.79 Å². The van der Waals surface area contributed by atoms with Gasteiger partial charge in [0, 0.05) is 11.1 Å². The summed E-state index contributed by atoms with van der Waals surface area (Å²) >= 11 is 0. The summed E-state index contributed by atoms with van der Waals surface area (Å²) in [6.45, 7) is 4.47. The number of carbonyl (C=O) groups is 1. The number of hydrogen-bond donors (Lipinski definition) is 0. The first-order valence-corrected chi connectivity index (χ1v) is 12.7. The molecule has 0 N–H and O–H groups in total. The van der Waals surface area contributed by atoms with Gasteiger partial charge in [0.15, 0.2) is 5.78 Å². The molecule has 1 nitrogen and oxygen atoms in total. The van der Waals surface area contributed by atoms with Crippen molar-refractivity contribution in [1.29, 1.82) is 0 Å². The van der Waals surface area contributed by atoms with Crippen molar-refractivity contribution in [3.8, 4) is 11.1 Å². The van der Waals surface area contributed by atoms with Crippen LogP contribution in [0.3, 0.4) is 0 Å². The molecule has 0 saturated carbocycles. The molecule has 0 aromatic heterocycles. The Hall–Kier alpha value is -4.23. The van der Waals surface area contributed by atoms with Gasteiger partial charge in [0.05, 0.1) is 0 Å². The smallest absolute Gasteiger partial charge is 0.189 e. The van der Waals surface area contributed by atoms with Crippen molar-refractivity contribution in [2.24, 2.45) is 0 Å². The van der Waals surface area contributed by atoms with Crippen LogP contribution in [0, 0.1) is 0 Å². The van der Waals surface area contributed by atoms with Crippen LogP contribution in [0.2, 0.25) is 0 Å². The second kappa shape index (κ2) is 9.43. The Bertz CT molecular complexity index is 1420. The van der Waals surface area contributed by atoms with Crippen LogP contribution >= 0.6 is 0 Å². The lowest BCUT2D eigenvalue weighted by Gasteiger charge is -2.23. The van der Waals surface area contributed by atoms with Crippen LogP contribution in [0.15, 0.2) is 115 Å². The number of benzene rings is 4. The number of hydrogen-bond acceptors (Lipinski definition) is 1. The van der Waals surface area contributed by atoms with E-state index in [1.165, 1.54) is 22.3 Å². The summed E-state index contributed by atoms with van der Waals surface area (Å²) in [6, 6.07) is 33.6. The van der Waals surface area contributed by atoms with Gasteiger partial charge in [-0.3, -0.25) is 4.79 Å². The van der Waals surface area contributed by atoms with Crippen molar-refractivity contribution in [3.63, 3.8) is 0 Å². The zero-order chi connectivity index (χ0) is 24.5. The van der Waals surface area contributed by atoms with Gasteiger partial charge in [0.2, 0.25) is 0 Å². The average molecular weight is 465 g/mol. The normalized spacial score (nSPS) is 17.2. The molecule has 6 rings (SSSR count). The highest BCUT2D eigenvalue weighted by Crippen LogP contribution is 2.38. The Morgan fingerprint density at radius 3 is 1.67 bits per heavy atom. The third kappa shape index (κ3) is 4.29. The molecular weight excluding hydrogens is 436 g/mol. The van der Waals surface area contributed by atoms with Gasteiger partial charge in [-0.05, 0) is 94.0 Å². The highest BCUT2D eigenvalue weighted by atomic mass is 16.1. The van der Waals surface area contributed by atoms with Crippen LogP contribution in [0.1, 0.15) is 51.0 Å². The van der Waals surface area contributed by atoms with Crippen molar-refractivity contribution >= 4 is 23.5 Å². The molecule has 0 amide bonds. The molecule has 36 heavy (non-hydrogen) atoms. The van der Waals surface area contributed by atoms with Gasteiger partial charge in [0.1, 0.15) is 0 Å². The zero-order valence-electron chi connectivity index (χ0n) is 20.3. The molecule has 0 saturated heterocycles. The van der Waals surface area contributed by atoms with E-state index >= 15 is 0 Å². The Balaban J connectivity index is 1.33. The van der Waals surface area contributed by atoms with Crippen molar-refractivity contribution in [3.05, 3.63) is 148 Å². The van der Waals surface area contributed by atoms with Crippen molar-refractivity contribution in [1.82, 2.24) is 0 Å². The molecule has 0 heterocycles. The minimum atomic E-state index is 0.150. The summed E-state index contributed by atoms with van der Waals surface area (Å²) in [5.74, 6) is 0.150. The number of rotatable bonds is 3. The Labute approximate surface area is 213 Å². The second-order valence-electron chi connectivity index (χ2n) is 9.71. The maximum Gasteiger partial charge on any atom is 0.189 e. The maximum atomic E-state index is 13.4. The van der Waals surface area contributed by atoms with Crippen LogP contribution in [-0.4, -0.2) is 5.78 Å². The third-order valence-electron chi connectivity index (χ3n) is 7.41. The van der Waals surface area contributed by atoms with Crippen LogP contribution in [0.25, 0.3) is 28.9 Å². The first-order chi connectivity index (χ1) is 17.7. The van der Waals surface area contributed by atoms with E-state index in [1.807, 2.05) is 42.5 Å². The van der Waals surface area contributed by atoms with E-state index in [-0.39, 0.29) is 5.78 Å². The van der Waals surface area contributed by atoms with Gasteiger partial charge in [-0.15, -0.1) is 0 Å². The summed E-state index contributed by atoms with van der Waals surface area (Å²) in [5.41, 5.74) is 12.3. The molecule has 0 radical (unpaired) electrons. The van der Waals surface area contributed by atoms with Crippen LogP contribution < -0.4 is 0 Å². The molecule has 174 valence electrons. The molecule has 4 aromatic rings. The van der Waals surface area contributed by atoms with E-state index in [9.17, 15) is 4.79 Å². The molecule has 2 aliphatic carbocycles. The minimum absolute atomic E-state index is 0.150. The molecular formula is C35H28O. The van der Waals surface area contributed by atoms with Gasteiger partial charge in [-0.1, -0.05) is 97.6 Å². The van der Waals surface area contributed by atoms with Crippen LogP contribution in [-0.2, 0) is 12.8 Å². The monoisotopic (exact) mass is 464 g/mol. The van der Waals surface area contributed by atoms with Crippen molar-refractivity contribution in [2.75, 3.05) is 0 Å². The molecule has 0 unspecified atom stereocenters. The first-order valence-electron chi connectivity index (χ1n) is 12.7. The molecule has 0 bridgehead atoms. The average Bonchev–Trinajstić information content (AvgIpc) is 2.93. The minimum Gasteiger partial charge on any atom is -0.289 e. The summed E-state index contributed by atoms with van der Waals surface area (Å²) in [7, 11) is 0. The number of aryl methyl sites for hydroxylation is 2. The van der Waals surface area contributed by atoms with E-state index < -0.39 is 0 Å². The fourth-order valence-electron chi connectivity index (χ4n) is 5.39. The molecule has 4 aromatic carbocycles. The van der Waals surface area contributed by atoms with Gasteiger partial charge >= 0.3 is 0 Å². The maximum absolute atomic E-state index is 13.4.